The Bertz CT molecular complexity index is 457. The van der Waals surface area contributed by atoms with Crippen LogP contribution in [0.2, 0.25) is 0 Å². The van der Waals surface area contributed by atoms with Gasteiger partial charge in [-0.2, -0.15) is 0 Å². The second kappa shape index (κ2) is 5.96. The fraction of sp³-hybridized carbons (Fsp3) is 0.588. The third-order valence-corrected chi connectivity index (χ3v) is 4.95. The predicted molar refractivity (Wildman–Crippen MR) is 80.1 cm³/mol. The molecule has 1 heterocycles. The lowest BCUT2D eigenvalue weighted by atomic mass is 9.78. The van der Waals surface area contributed by atoms with E-state index in [0.717, 1.165) is 24.9 Å². The molecule has 2 N–H and O–H groups in total. The number of hydrogen-bond acceptors (Lipinski definition) is 2. The second-order valence-corrected chi connectivity index (χ2v) is 6.17. The fourth-order valence-electron chi connectivity index (χ4n) is 3.88. The van der Waals surface area contributed by atoms with E-state index in [1.54, 1.807) is 0 Å². The van der Waals surface area contributed by atoms with E-state index in [9.17, 15) is 4.79 Å². The number of benzene rings is 1. The lowest BCUT2D eigenvalue weighted by Crippen LogP contribution is -2.52. The lowest BCUT2D eigenvalue weighted by Gasteiger charge is -2.45. The van der Waals surface area contributed by atoms with Crippen molar-refractivity contribution in [2.75, 3.05) is 6.54 Å². The van der Waals surface area contributed by atoms with Gasteiger partial charge in [0.2, 0.25) is 5.91 Å². The SMILES string of the molecule is N[C@H](C(=O)N1CCCC2CCCCC21)c1ccccc1. The average molecular weight is 272 g/mol. The number of piperidine rings is 1. The Labute approximate surface area is 121 Å². The zero-order valence-corrected chi connectivity index (χ0v) is 12.0. The van der Waals surface area contributed by atoms with Crippen molar-refractivity contribution in [3.63, 3.8) is 0 Å². The summed E-state index contributed by atoms with van der Waals surface area (Å²) >= 11 is 0. The summed E-state index contributed by atoms with van der Waals surface area (Å²) in [6, 6.07) is 9.69. The molecule has 108 valence electrons. The Balaban J connectivity index is 1.75. The first kappa shape index (κ1) is 13.6. The van der Waals surface area contributed by atoms with Gasteiger partial charge < -0.3 is 10.6 Å². The topological polar surface area (TPSA) is 46.3 Å². The van der Waals surface area contributed by atoms with Crippen molar-refractivity contribution < 1.29 is 4.79 Å². The van der Waals surface area contributed by atoms with Crippen LogP contribution in [0.5, 0.6) is 0 Å². The van der Waals surface area contributed by atoms with Gasteiger partial charge in [0.15, 0.2) is 0 Å². The highest BCUT2D eigenvalue weighted by Crippen LogP contribution is 2.36. The summed E-state index contributed by atoms with van der Waals surface area (Å²) in [5.41, 5.74) is 7.13. The van der Waals surface area contributed by atoms with Crippen LogP contribution in [0.4, 0.5) is 0 Å². The van der Waals surface area contributed by atoms with E-state index in [1.165, 1.54) is 25.7 Å². The summed E-state index contributed by atoms with van der Waals surface area (Å²) in [6.45, 7) is 0.889. The summed E-state index contributed by atoms with van der Waals surface area (Å²) in [4.78, 5) is 14.8. The van der Waals surface area contributed by atoms with E-state index in [0.29, 0.717) is 12.0 Å². The van der Waals surface area contributed by atoms with Crippen LogP contribution in [0.1, 0.15) is 50.1 Å². The average Bonchev–Trinajstić information content (AvgIpc) is 2.54. The van der Waals surface area contributed by atoms with E-state index in [4.69, 9.17) is 5.73 Å². The number of rotatable bonds is 2. The molecule has 2 unspecified atom stereocenters. The van der Waals surface area contributed by atoms with Crippen LogP contribution in [0.25, 0.3) is 0 Å². The summed E-state index contributed by atoms with van der Waals surface area (Å²) < 4.78 is 0. The maximum absolute atomic E-state index is 12.8. The molecule has 20 heavy (non-hydrogen) atoms. The zero-order chi connectivity index (χ0) is 13.9. The van der Waals surface area contributed by atoms with Crippen molar-refractivity contribution in [3.8, 4) is 0 Å². The molecule has 2 aliphatic rings. The van der Waals surface area contributed by atoms with E-state index in [-0.39, 0.29) is 5.91 Å². The minimum Gasteiger partial charge on any atom is -0.338 e. The number of carbonyl (C=O) groups is 1. The van der Waals surface area contributed by atoms with Crippen molar-refractivity contribution in [1.29, 1.82) is 0 Å². The maximum Gasteiger partial charge on any atom is 0.244 e. The molecule has 1 aliphatic heterocycles. The molecule has 1 saturated carbocycles. The molecule has 2 fully saturated rings. The standard InChI is InChI=1S/C17H24N2O/c18-16(14-8-2-1-3-9-14)17(20)19-12-6-10-13-7-4-5-11-15(13)19/h1-3,8-9,13,15-16H,4-7,10-12,18H2/t13?,15?,16-/m0/s1. The van der Waals surface area contributed by atoms with Gasteiger partial charge in [-0.3, -0.25) is 4.79 Å². The lowest BCUT2D eigenvalue weighted by molar-refractivity contribution is -0.139. The number of nitrogens with zero attached hydrogens (tertiary/aromatic N) is 1. The molecule has 1 aliphatic carbocycles. The number of fused-ring (bicyclic) bond motifs is 1. The zero-order valence-electron chi connectivity index (χ0n) is 12.0. The van der Waals surface area contributed by atoms with Gasteiger partial charge in [0, 0.05) is 12.6 Å². The molecule has 0 radical (unpaired) electrons. The monoisotopic (exact) mass is 272 g/mol. The third kappa shape index (κ3) is 2.59. The number of likely N-dealkylation sites (tertiary alicyclic amines) is 1. The van der Waals surface area contributed by atoms with Crippen LogP contribution < -0.4 is 5.73 Å². The van der Waals surface area contributed by atoms with E-state index in [2.05, 4.69) is 4.90 Å². The Hall–Kier alpha value is -1.35. The molecule has 1 aromatic rings. The van der Waals surface area contributed by atoms with Gasteiger partial charge >= 0.3 is 0 Å². The van der Waals surface area contributed by atoms with E-state index >= 15 is 0 Å². The van der Waals surface area contributed by atoms with Crippen molar-refractivity contribution in [2.45, 2.75) is 50.6 Å². The minimum absolute atomic E-state index is 0.118. The number of carbonyl (C=O) groups excluding carboxylic acids is 1. The van der Waals surface area contributed by atoms with Crippen LogP contribution >= 0.6 is 0 Å². The van der Waals surface area contributed by atoms with Gasteiger partial charge in [0.05, 0.1) is 0 Å². The number of nitrogens with two attached hydrogens (primary N) is 1. The molecule has 0 aromatic heterocycles. The molecular weight excluding hydrogens is 248 g/mol. The second-order valence-electron chi connectivity index (χ2n) is 6.17. The summed E-state index contributed by atoms with van der Waals surface area (Å²) in [5, 5.41) is 0. The van der Waals surface area contributed by atoms with Crippen LogP contribution in [0.15, 0.2) is 30.3 Å². The normalized spacial score (nSPS) is 27.8. The first-order valence-corrected chi connectivity index (χ1v) is 7.88. The van der Waals surface area contributed by atoms with Crippen molar-refractivity contribution in [3.05, 3.63) is 35.9 Å². The van der Waals surface area contributed by atoms with Gasteiger partial charge in [-0.1, -0.05) is 43.2 Å². The van der Waals surface area contributed by atoms with E-state index < -0.39 is 6.04 Å². The predicted octanol–water partition coefficient (Wildman–Crippen LogP) is 2.87. The minimum atomic E-state index is -0.503. The molecule has 1 aromatic carbocycles. The largest absolute Gasteiger partial charge is 0.338 e. The van der Waals surface area contributed by atoms with Crippen LogP contribution in [0.3, 0.4) is 0 Å². The molecule has 0 spiro atoms. The van der Waals surface area contributed by atoms with Gasteiger partial charge in [-0.25, -0.2) is 0 Å². The maximum atomic E-state index is 12.8. The molecule has 1 amide bonds. The van der Waals surface area contributed by atoms with Crippen LogP contribution in [-0.4, -0.2) is 23.4 Å². The summed E-state index contributed by atoms with van der Waals surface area (Å²) in [7, 11) is 0. The van der Waals surface area contributed by atoms with Crippen LogP contribution in [-0.2, 0) is 4.79 Å². The highest BCUT2D eigenvalue weighted by atomic mass is 16.2. The molecule has 3 rings (SSSR count). The van der Waals surface area contributed by atoms with Gasteiger partial charge in [0.1, 0.15) is 6.04 Å². The number of amides is 1. The molecule has 1 saturated heterocycles. The number of hydrogen-bond donors (Lipinski definition) is 1. The first-order chi connectivity index (χ1) is 9.77. The quantitative estimate of drug-likeness (QED) is 0.900. The molecule has 3 heteroatoms. The molecule has 3 atom stereocenters. The van der Waals surface area contributed by atoms with Crippen molar-refractivity contribution >= 4 is 5.91 Å². The Morgan fingerprint density at radius 3 is 2.60 bits per heavy atom. The Morgan fingerprint density at radius 1 is 1.10 bits per heavy atom. The van der Waals surface area contributed by atoms with Gasteiger partial charge in [-0.05, 0) is 37.2 Å². The summed E-state index contributed by atoms with van der Waals surface area (Å²) in [6.07, 6.45) is 7.45. The Kier molecular flexibility index (Phi) is 4.06. The van der Waals surface area contributed by atoms with Crippen molar-refractivity contribution in [1.82, 2.24) is 4.90 Å². The fourth-order valence-corrected chi connectivity index (χ4v) is 3.88. The highest BCUT2D eigenvalue weighted by Gasteiger charge is 2.37. The van der Waals surface area contributed by atoms with Crippen molar-refractivity contribution in [2.24, 2.45) is 11.7 Å². The van der Waals surface area contributed by atoms with Gasteiger partial charge in [0.25, 0.3) is 0 Å². The molecule has 0 bridgehead atoms. The van der Waals surface area contributed by atoms with E-state index in [1.807, 2.05) is 30.3 Å². The first-order valence-electron chi connectivity index (χ1n) is 7.88. The Morgan fingerprint density at radius 2 is 1.80 bits per heavy atom. The van der Waals surface area contributed by atoms with Crippen LogP contribution in [0, 0.1) is 5.92 Å². The smallest absolute Gasteiger partial charge is 0.244 e. The van der Waals surface area contributed by atoms with Gasteiger partial charge in [-0.15, -0.1) is 0 Å². The molecular formula is C17H24N2O. The highest BCUT2D eigenvalue weighted by molar-refractivity contribution is 5.83. The molecule has 3 nitrogen and oxygen atoms in total. The summed E-state index contributed by atoms with van der Waals surface area (Å²) in [5.74, 6) is 0.831. The third-order valence-electron chi connectivity index (χ3n) is 4.95.